The van der Waals surface area contributed by atoms with Gasteiger partial charge in [0.15, 0.2) is 0 Å². The molecule has 1 saturated heterocycles. The van der Waals surface area contributed by atoms with Crippen molar-refractivity contribution in [1.29, 1.82) is 0 Å². The molecule has 1 aliphatic rings. The van der Waals surface area contributed by atoms with Crippen LogP contribution in [-0.4, -0.2) is 78.4 Å². The lowest BCUT2D eigenvalue weighted by Gasteiger charge is -2.35. The molecule has 2 aromatic rings. The lowest BCUT2D eigenvalue weighted by molar-refractivity contribution is -0.274. The van der Waals surface area contributed by atoms with Crippen LogP contribution in [0.1, 0.15) is 49.2 Å². The van der Waals surface area contributed by atoms with Gasteiger partial charge < -0.3 is 14.4 Å². The molecule has 0 saturated carbocycles. The van der Waals surface area contributed by atoms with Crippen LogP contribution in [0.15, 0.2) is 42.5 Å². The number of benzene rings is 2. The summed E-state index contributed by atoms with van der Waals surface area (Å²) < 4.78 is 75.4. The summed E-state index contributed by atoms with van der Waals surface area (Å²) in [6.45, 7) is 7.89. The second-order valence-corrected chi connectivity index (χ2v) is 13.1. The molecule has 0 spiro atoms. The van der Waals surface area contributed by atoms with E-state index >= 15 is 0 Å². The summed E-state index contributed by atoms with van der Waals surface area (Å²) in [4.78, 5) is 29.3. The number of carbonyl (C=O) groups excluding carboxylic acids is 2. The molecule has 0 unspecified atom stereocenters. The largest absolute Gasteiger partial charge is 0.573 e. The van der Waals surface area contributed by atoms with E-state index in [-0.39, 0.29) is 18.7 Å². The highest BCUT2D eigenvalue weighted by molar-refractivity contribution is 7.89. The van der Waals surface area contributed by atoms with E-state index in [0.717, 1.165) is 12.1 Å². The van der Waals surface area contributed by atoms with Crippen LogP contribution >= 0.6 is 11.6 Å². The van der Waals surface area contributed by atoms with Gasteiger partial charge in [-0.2, -0.15) is 0 Å². The molecule has 1 heterocycles. The summed E-state index contributed by atoms with van der Waals surface area (Å²) in [5.74, 6) is -2.06. The minimum Gasteiger partial charge on any atom is -0.444 e. The second-order valence-electron chi connectivity index (χ2n) is 10.5. The Balaban J connectivity index is 1.87. The Bertz CT molecular complexity index is 1360. The third kappa shape index (κ3) is 9.79. The van der Waals surface area contributed by atoms with Crippen LogP contribution in [0, 0.1) is 0 Å². The smallest absolute Gasteiger partial charge is 0.444 e. The summed E-state index contributed by atoms with van der Waals surface area (Å²) >= 11 is 6.01. The lowest BCUT2D eigenvalue weighted by atomic mass is 10.1. The molecular weight excluding hydrogens is 587 g/mol. The van der Waals surface area contributed by atoms with Gasteiger partial charge in [-0.1, -0.05) is 23.7 Å². The number of sulfonamides is 1. The standard InChI is InChI=1S/C27H33ClF3N3O6S/c1-5-41(37,38)34(18-19-7-6-8-22(28)14-19)24(35)21-13-20(15-23(16-21)39-27(29,30)31)17-32-9-11-33(12-10-32)25(36)40-26(2,3)4/h6-8,13-16H,5,9-12,17-18H2,1-4H3. The Hall–Kier alpha value is -3.03. The number of hydrogen-bond donors (Lipinski definition) is 0. The van der Waals surface area contributed by atoms with E-state index in [1.54, 1.807) is 43.9 Å². The van der Waals surface area contributed by atoms with Gasteiger partial charge in [-0.25, -0.2) is 17.5 Å². The number of ether oxygens (including phenoxy) is 2. The first-order chi connectivity index (χ1) is 19.0. The van der Waals surface area contributed by atoms with Crippen molar-refractivity contribution in [3.8, 4) is 5.75 Å². The van der Waals surface area contributed by atoms with Crippen molar-refractivity contribution < 1.29 is 40.7 Å². The molecule has 0 aromatic heterocycles. The van der Waals surface area contributed by atoms with Crippen LogP contribution in [-0.2, 0) is 27.8 Å². The normalized spacial score (nSPS) is 15.0. The molecule has 1 aliphatic heterocycles. The molecule has 226 valence electrons. The van der Waals surface area contributed by atoms with E-state index in [2.05, 4.69) is 4.74 Å². The van der Waals surface area contributed by atoms with E-state index in [1.807, 2.05) is 4.90 Å². The zero-order valence-corrected chi connectivity index (χ0v) is 24.8. The van der Waals surface area contributed by atoms with E-state index in [9.17, 15) is 31.2 Å². The highest BCUT2D eigenvalue weighted by Gasteiger charge is 2.33. The van der Waals surface area contributed by atoms with Crippen LogP contribution in [0.4, 0.5) is 18.0 Å². The van der Waals surface area contributed by atoms with Crippen LogP contribution in [0.2, 0.25) is 5.02 Å². The first kappa shape index (κ1) is 32.5. The van der Waals surface area contributed by atoms with Gasteiger partial charge in [0.25, 0.3) is 5.91 Å². The van der Waals surface area contributed by atoms with Crippen molar-refractivity contribution in [1.82, 2.24) is 14.1 Å². The summed E-state index contributed by atoms with van der Waals surface area (Å²) in [6.07, 6.45) is -5.49. The van der Waals surface area contributed by atoms with Crippen molar-refractivity contribution in [3.63, 3.8) is 0 Å². The average molecular weight is 620 g/mol. The SMILES string of the molecule is CCS(=O)(=O)N(Cc1cccc(Cl)c1)C(=O)c1cc(CN2CCN(C(=O)OC(C)(C)C)CC2)cc(OC(F)(F)F)c1. The zero-order valence-electron chi connectivity index (χ0n) is 23.2. The Morgan fingerprint density at radius 1 is 1.00 bits per heavy atom. The average Bonchev–Trinajstić information content (AvgIpc) is 2.85. The Kier molecular flexibility index (Phi) is 10.2. The van der Waals surface area contributed by atoms with Crippen molar-refractivity contribution in [2.24, 2.45) is 0 Å². The fourth-order valence-corrected chi connectivity index (χ4v) is 5.37. The fraction of sp³-hybridized carbons (Fsp3) is 0.481. The van der Waals surface area contributed by atoms with Gasteiger partial charge in [0.05, 0.1) is 12.3 Å². The zero-order chi connectivity index (χ0) is 30.6. The highest BCUT2D eigenvalue weighted by Crippen LogP contribution is 2.28. The van der Waals surface area contributed by atoms with Crippen molar-refractivity contribution in [3.05, 3.63) is 64.2 Å². The van der Waals surface area contributed by atoms with Crippen molar-refractivity contribution in [2.45, 2.75) is 52.7 Å². The molecule has 0 bridgehead atoms. The fourth-order valence-electron chi connectivity index (χ4n) is 4.14. The Labute approximate surface area is 242 Å². The van der Waals surface area contributed by atoms with Gasteiger partial charge in [-0.3, -0.25) is 9.69 Å². The van der Waals surface area contributed by atoms with Gasteiger partial charge in [-0.15, -0.1) is 13.2 Å². The van der Waals surface area contributed by atoms with Crippen LogP contribution < -0.4 is 4.74 Å². The van der Waals surface area contributed by atoms with Crippen molar-refractivity contribution >= 4 is 33.6 Å². The maximum Gasteiger partial charge on any atom is 0.573 e. The predicted octanol–water partition coefficient (Wildman–Crippen LogP) is 5.28. The number of rotatable bonds is 8. The molecule has 0 atom stereocenters. The van der Waals surface area contributed by atoms with Crippen LogP contribution in [0.5, 0.6) is 5.75 Å². The molecule has 9 nitrogen and oxygen atoms in total. The Morgan fingerprint density at radius 2 is 1.66 bits per heavy atom. The molecular formula is C27H33ClF3N3O6S. The molecule has 3 rings (SSSR count). The number of carbonyl (C=O) groups is 2. The maximum absolute atomic E-state index is 13.5. The number of amides is 2. The predicted molar refractivity (Wildman–Crippen MR) is 147 cm³/mol. The number of alkyl halides is 3. The minimum atomic E-state index is -5.03. The van der Waals surface area contributed by atoms with Crippen molar-refractivity contribution in [2.75, 3.05) is 31.9 Å². The number of hydrogen-bond acceptors (Lipinski definition) is 7. The highest BCUT2D eigenvalue weighted by atomic mass is 35.5. The molecule has 0 N–H and O–H groups in total. The summed E-state index contributed by atoms with van der Waals surface area (Å²) in [7, 11) is -4.12. The minimum absolute atomic E-state index is 0.131. The maximum atomic E-state index is 13.5. The monoisotopic (exact) mass is 619 g/mol. The van der Waals surface area contributed by atoms with E-state index in [4.69, 9.17) is 16.3 Å². The molecule has 14 heteroatoms. The third-order valence-corrected chi connectivity index (χ3v) is 7.95. The molecule has 2 amide bonds. The van der Waals surface area contributed by atoms with Gasteiger partial charge in [0, 0.05) is 43.3 Å². The van der Waals surface area contributed by atoms with E-state index in [0.29, 0.717) is 46.6 Å². The number of nitrogens with zero attached hydrogens (tertiary/aromatic N) is 3. The van der Waals surface area contributed by atoms with Gasteiger partial charge in [0.1, 0.15) is 11.4 Å². The summed E-state index contributed by atoms with van der Waals surface area (Å²) in [6, 6.07) is 9.64. The van der Waals surface area contributed by atoms with E-state index in [1.165, 1.54) is 19.1 Å². The first-order valence-corrected chi connectivity index (χ1v) is 14.8. The van der Waals surface area contributed by atoms with E-state index < -0.39 is 45.5 Å². The number of piperazine rings is 1. The van der Waals surface area contributed by atoms with Crippen LogP contribution in [0.3, 0.4) is 0 Å². The molecule has 0 aliphatic carbocycles. The Morgan fingerprint density at radius 3 is 2.22 bits per heavy atom. The summed E-state index contributed by atoms with van der Waals surface area (Å²) in [5.41, 5.74) is -0.207. The lowest BCUT2D eigenvalue weighted by Crippen LogP contribution is -2.49. The van der Waals surface area contributed by atoms with Gasteiger partial charge >= 0.3 is 12.5 Å². The molecule has 2 aromatic carbocycles. The number of halogens is 4. The van der Waals surface area contributed by atoms with Gasteiger partial charge in [-0.05, 0) is 69.2 Å². The molecule has 1 fully saturated rings. The quantitative estimate of drug-likeness (QED) is 0.396. The third-order valence-electron chi connectivity index (χ3n) is 6.02. The second kappa shape index (κ2) is 12.9. The van der Waals surface area contributed by atoms with Crippen LogP contribution in [0.25, 0.3) is 0 Å². The first-order valence-electron chi connectivity index (χ1n) is 12.8. The van der Waals surface area contributed by atoms with Gasteiger partial charge in [0.2, 0.25) is 10.0 Å². The molecule has 0 radical (unpaired) electrons. The summed E-state index contributed by atoms with van der Waals surface area (Å²) in [5, 5.41) is 0.332. The molecule has 41 heavy (non-hydrogen) atoms. The topological polar surface area (TPSA) is 96.5 Å².